The van der Waals surface area contributed by atoms with Crippen molar-refractivity contribution in [2.45, 2.75) is 18.3 Å². The summed E-state index contributed by atoms with van der Waals surface area (Å²) in [6, 6.07) is 20.2. The number of hydrogen-bond donors (Lipinski definition) is 2. The summed E-state index contributed by atoms with van der Waals surface area (Å²) in [5.41, 5.74) is 3.55. The number of benzene rings is 3. The first kappa shape index (κ1) is 21.1. The highest BCUT2D eigenvalue weighted by Crippen LogP contribution is 2.49. The summed E-state index contributed by atoms with van der Waals surface area (Å²) in [4.78, 5) is 13.2. The molecule has 1 aromatic heterocycles. The Morgan fingerprint density at radius 3 is 2.61 bits per heavy atom. The highest BCUT2D eigenvalue weighted by molar-refractivity contribution is 6.31. The minimum absolute atomic E-state index is 0.0857. The molecule has 4 aromatic rings. The fourth-order valence-corrected chi connectivity index (χ4v) is 4.28. The molecule has 1 aliphatic rings. The third-order valence-corrected chi connectivity index (χ3v) is 6.40. The van der Waals surface area contributed by atoms with Crippen molar-refractivity contribution < 1.29 is 4.79 Å². The van der Waals surface area contributed by atoms with Gasteiger partial charge in [0.2, 0.25) is 5.91 Å². The van der Waals surface area contributed by atoms with Gasteiger partial charge >= 0.3 is 0 Å². The van der Waals surface area contributed by atoms with Crippen LogP contribution in [0.1, 0.15) is 24.0 Å². The number of nitrogens with zero attached hydrogens (tertiary/aromatic N) is 4. The van der Waals surface area contributed by atoms with Gasteiger partial charge in [-0.1, -0.05) is 47.5 Å². The summed E-state index contributed by atoms with van der Waals surface area (Å²) in [6.45, 7) is 0. The van der Waals surface area contributed by atoms with Crippen LogP contribution in [0.25, 0.3) is 22.5 Å². The van der Waals surface area contributed by atoms with Crippen LogP contribution in [0.5, 0.6) is 0 Å². The average Bonchev–Trinajstić information content (AvgIpc) is 3.46. The van der Waals surface area contributed by atoms with Crippen LogP contribution in [0, 0.1) is 11.3 Å². The fourth-order valence-electron chi connectivity index (χ4n) is 3.93. The molecule has 33 heavy (non-hydrogen) atoms. The predicted molar refractivity (Wildman–Crippen MR) is 126 cm³/mol. The molecule has 2 N–H and O–H groups in total. The topological polar surface area (TPSA) is 107 Å². The third-order valence-electron chi connectivity index (χ3n) is 5.84. The standard InChI is InChI=1S/C24H16Cl2N6O/c25-17-3-1-2-16(11-17)24(8-9-24)23(33)28-18-5-6-19(20(12-18)22-29-31-32-30-22)14-4-7-21(26)15(10-14)13-27/h1-7,10-12H,8-9H2,(H,28,33)(H,29,30,31,32). The minimum Gasteiger partial charge on any atom is -0.325 e. The number of H-pyrrole nitrogens is 1. The Kier molecular flexibility index (Phi) is 5.33. The molecular formula is C24H16Cl2N6O. The molecule has 1 amide bonds. The van der Waals surface area contributed by atoms with Gasteiger partial charge in [0.15, 0.2) is 5.82 Å². The lowest BCUT2D eigenvalue weighted by molar-refractivity contribution is -0.118. The van der Waals surface area contributed by atoms with Gasteiger partial charge in [-0.3, -0.25) is 4.79 Å². The number of anilines is 1. The second kappa shape index (κ2) is 8.32. The number of halogens is 2. The molecule has 0 radical (unpaired) electrons. The molecule has 1 fully saturated rings. The zero-order valence-electron chi connectivity index (χ0n) is 17.1. The smallest absolute Gasteiger partial charge is 0.235 e. The summed E-state index contributed by atoms with van der Waals surface area (Å²) in [7, 11) is 0. The normalized spacial score (nSPS) is 13.8. The first-order chi connectivity index (χ1) is 16.0. The maximum Gasteiger partial charge on any atom is 0.235 e. The van der Waals surface area contributed by atoms with Crippen LogP contribution in [0.2, 0.25) is 10.0 Å². The molecule has 7 nitrogen and oxygen atoms in total. The summed E-state index contributed by atoms with van der Waals surface area (Å²) >= 11 is 12.2. The van der Waals surface area contributed by atoms with Crippen molar-refractivity contribution in [1.29, 1.82) is 5.26 Å². The quantitative estimate of drug-likeness (QED) is 0.403. The summed E-state index contributed by atoms with van der Waals surface area (Å²) in [5.74, 6) is 0.350. The van der Waals surface area contributed by atoms with Crippen molar-refractivity contribution in [3.05, 3.63) is 81.8 Å². The van der Waals surface area contributed by atoms with E-state index in [0.717, 1.165) is 29.5 Å². The monoisotopic (exact) mass is 474 g/mol. The maximum absolute atomic E-state index is 13.2. The lowest BCUT2D eigenvalue weighted by Crippen LogP contribution is -2.27. The van der Waals surface area contributed by atoms with E-state index in [-0.39, 0.29) is 5.91 Å². The van der Waals surface area contributed by atoms with Gasteiger partial charge in [0, 0.05) is 16.3 Å². The van der Waals surface area contributed by atoms with Crippen molar-refractivity contribution in [2.24, 2.45) is 0 Å². The van der Waals surface area contributed by atoms with Crippen LogP contribution in [-0.4, -0.2) is 26.5 Å². The SMILES string of the molecule is N#Cc1cc(-c2ccc(NC(=O)C3(c4cccc(Cl)c4)CC3)cc2-c2nnn[nH]2)ccc1Cl. The Morgan fingerprint density at radius 2 is 1.91 bits per heavy atom. The van der Waals surface area contributed by atoms with E-state index in [9.17, 15) is 10.1 Å². The van der Waals surface area contributed by atoms with E-state index in [1.807, 2.05) is 42.5 Å². The van der Waals surface area contributed by atoms with E-state index < -0.39 is 5.41 Å². The van der Waals surface area contributed by atoms with Gasteiger partial charge in [0.05, 0.1) is 16.0 Å². The number of nitriles is 1. The van der Waals surface area contributed by atoms with Crippen LogP contribution >= 0.6 is 23.2 Å². The van der Waals surface area contributed by atoms with E-state index in [0.29, 0.717) is 32.7 Å². The van der Waals surface area contributed by atoms with Crippen LogP contribution in [0.15, 0.2) is 60.7 Å². The Labute approximate surface area is 199 Å². The third kappa shape index (κ3) is 3.95. The Morgan fingerprint density at radius 1 is 1.06 bits per heavy atom. The predicted octanol–water partition coefficient (Wildman–Crippen LogP) is 5.38. The molecule has 0 unspecified atom stereocenters. The number of tetrazole rings is 1. The molecule has 0 aliphatic heterocycles. The van der Waals surface area contributed by atoms with E-state index >= 15 is 0 Å². The van der Waals surface area contributed by atoms with Gasteiger partial charge in [-0.25, -0.2) is 5.10 Å². The highest BCUT2D eigenvalue weighted by Gasteiger charge is 2.51. The van der Waals surface area contributed by atoms with Crippen molar-refractivity contribution in [3.63, 3.8) is 0 Å². The summed E-state index contributed by atoms with van der Waals surface area (Å²) < 4.78 is 0. The van der Waals surface area contributed by atoms with E-state index in [2.05, 4.69) is 32.0 Å². The molecular weight excluding hydrogens is 459 g/mol. The van der Waals surface area contributed by atoms with Crippen molar-refractivity contribution >= 4 is 34.8 Å². The number of amides is 1. The van der Waals surface area contributed by atoms with Crippen molar-refractivity contribution in [3.8, 4) is 28.6 Å². The Bertz CT molecular complexity index is 1410. The maximum atomic E-state index is 13.2. The molecule has 1 saturated carbocycles. The molecule has 3 aromatic carbocycles. The second-order valence-corrected chi connectivity index (χ2v) is 8.71. The second-order valence-electron chi connectivity index (χ2n) is 7.86. The van der Waals surface area contributed by atoms with Gasteiger partial charge < -0.3 is 5.32 Å². The number of carbonyl (C=O) groups excluding carboxylic acids is 1. The van der Waals surface area contributed by atoms with Gasteiger partial charge in [0.1, 0.15) is 6.07 Å². The zero-order chi connectivity index (χ0) is 23.0. The number of rotatable bonds is 5. The van der Waals surface area contributed by atoms with Gasteiger partial charge in [-0.15, -0.1) is 5.10 Å². The molecule has 1 heterocycles. The Hall–Kier alpha value is -3.73. The number of aromatic nitrogens is 4. The van der Waals surface area contributed by atoms with E-state index in [4.69, 9.17) is 23.2 Å². The van der Waals surface area contributed by atoms with E-state index in [1.54, 1.807) is 18.2 Å². The molecule has 0 saturated heterocycles. The minimum atomic E-state index is -0.574. The van der Waals surface area contributed by atoms with Gasteiger partial charge in [-0.2, -0.15) is 5.26 Å². The molecule has 0 spiro atoms. The molecule has 0 bridgehead atoms. The van der Waals surface area contributed by atoms with Gasteiger partial charge in [-0.05, 0) is 76.4 Å². The molecule has 1 aliphatic carbocycles. The zero-order valence-corrected chi connectivity index (χ0v) is 18.7. The Balaban J connectivity index is 1.51. The van der Waals surface area contributed by atoms with Crippen LogP contribution < -0.4 is 5.32 Å². The van der Waals surface area contributed by atoms with Crippen LogP contribution in [0.4, 0.5) is 5.69 Å². The number of hydrogen-bond acceptors (Lipinski definition) is 5. The number of nitrogens with one attached hydrogen (secondary N) is 2. The molecule has 5 rings (SSSR count). The average molecular weight is 475 g/mol. The van der Waals surface area contributed by atoms with Crippen LogP contribution in [0.3, 0.4) is 0 Å². The molecule has 162 valence electrons. The summed E-state index contributed by atoms with van der Waals surface area (Å²) in [6.07, 6.45) is 1.52. The fraction of sp³-hybridized carbons (Fsp3) is 0.125. The molecule has 0 atom stereocenters. The van der Waals surface area contributed by atoms with E-state index in [1.165, 1.54) is 0 Å². The van der Waals surface area contributed by atoms with Crippen molar-refractivity contribution in [2.75, 3.05) is 5.32 Å². The lowest BCUT2D eigenvalue weighted by atomic mass is 9.94. The number of carbonyl (C=O) groups is 1. The van der Waals surface area contributed by atoms with Crippen LogP contribution in [-0.2, 0) is 10.2 Å². The first-order valence-corrected chi connectivity index (χ1v) is 10.9. The number of aromatic amines is 1. The van der Waals surface area contributed by atoms with Gasteiger partial charge in [0.25, 0.3) is 0 Å². The first-order valence-electron chi connectivity index (χ1n) is 10.2. The lowest BCUT2D eigenvalue weighted by Gasteiger charge is -2.17. The van der Waals surface area contributed by atoms with Crippen molar-refractivity contribution in [1.82, 2.24) is 20.6 Å². The largest absolute Gasteiger partial charge is 0.325 e. The highest BCUT2D eigenvalue weighted by atomic mass is 35.5. The summed E-state index contributed by atoms with van der Waals surface area (Å²) in [5, 5.41) is 27.5. The molecule has 9 heteroatoms.